The number of para-hydroxylation sites is 1. The lowest BCUT2D eigenvalue weighted by atomic mass is 10.2. The number of aryl methyl sites for hydroxylation is 1. The molecule has 1 aromatic heterocycles. The van der Waals surface area contributed by atoms with Crippen molar-refractivity contribution in [1.82, 2.24) is 9.55 Å². The molecule has 0 N–H and O–H groups in total. The zero-order chi connectivity index (χ0) is 11.9. The molecule has 16 heavy (non-hydrogen) atoms. The molecule has 0 fully saturated rings. The Hall–Kier alpha value is -1.04. The summed E-state index contributed by atoms with van der Waals surface area (Å²) in [4.78, 5) is 4.08. The Kier molecular flexibility index (Phi) is 2.69. The smallest absolute Gasteiger partial charge is 0.309 e. The van der Waals surface area contributed by atoms with Crippen LogP contribution in [-0.4, -0.2) is 15.7 Å². The molecule has 0 aliphatic rings. The topological polar surface area (TPSA) is 17.8 Å². The third-order valence-electron chi connectivity index (χ3n) is 2.27. The van der Waals surface area contributed by atoms with Gasteiger partial charge in [-0.2, -0.15) is 13.2 Å². The van der Waals surface area contributed by atoms with Crippen molar-refractivity contribution in [3.63, 3.8) is 0 Å². The molecule has 1 heterocycles. The van der Waals surface area contributed by atoms with Crippen molar-refractivity contribution in [2.45, 2.75) is 19.6 Å². The fourth-order valence-electron chi connectivity index (χ4n) is 1.59. The number of benzene rings is 1. The van der Waals surface area contributed by atoms with E-state index in [0.29, 0.717) is 11.0 Å². The zero-order valence-corrected chi connectivity index (χ0v) is 9.93. The molecule has 2 aromatic rings. The maximum absolute atomic E-state index is 12.4. The average Bonchev–Trinajstić information content (AvgIpc) is 2.44. The maximum atomic E-state index is 12.4. The van der Waals surface area contributed by atoms with E-state index in [0.717, 1.165) is 10.1 Å². The largest absolute Gasteiger partial charge is 0.406 e. The fourth-order valence-corrected chi connectivity index (χ4v) is 2.08. The van der Waals surface area contributed by atoms with Crippen LogP contribution in [-0.2, 0) is 6.54 Å². The van der Waals surface area contributed by atoms with Crippen LogP contribution in [0.25, 0.3) is 11.0 Å². The molecular formula is C10H8BrF3N2. The van der Waals surface area contributed by atoms with E-state index in [1.54, 1.807) is 12.1 Å². The molecule has 0 amide bonds. The molecule has 0 radical (unpaired) electrons. The van der Waals surface area contributed by atoms with Gasteiger partial charge in [-0.15, -0.1) is 0 Å². The highest BCUT2D eigenvalue weighted by Gasteiger charge is 2.30. The number of imidazole rings is 1. The van der Waals surface area contributed by atoms with E-state index >= 15 is 0 Å². The van der Waals surface area contributed by atoms with Gasteiger partial charge in [0, 0.05) is 0 Å². The highest BCUT2D eigenvalue weighted by Crippen LogP contribution is 2.27. The van der Waals surface area contributed by atoms with Crippen molar-refractivity contribution in [3.05, 3.63) is 28.5 Å². The number of fused-ring (bicyclic) bond motifs is 1. The van der Waals surface area contributed by atoms with Crippen LogP contribution in [0, 0.1) is 6.92 Å². The molecule has 6 heteroatoms. The minimum absolute atomic E-state index is 0.203. The predicted octanol–water partition coefficient (Wildman–Crippen LogP) is 3.67. The minimum Gasteiger partial charge on any atom is -0.309 e. The number of nitrogens with zero attached hydrogens (tertiary/aromatic N) is 2. The Labute approximate surface area is 98.2 Å². The summed E-state index contributed by atoms with van der Waals surface area (Å²) in [6.07, 6.45) is -4.25. The van der Waals surface area contributed by atoms with Gasteiger partial charge in [0.1, 0.15) is 6.54 Å². The summed E-state index contributed by atoms with van der Waals surface area (Å²) in [5.74, 6) is 0. The highest BCUT2D eigenvalue weighted by atomic mass is 79.9. The predicted molar refractivity (Wildman–Crippen MR) is 58.2 cm³/mol. The first-order valence-electron chi connectivity index (χ1n) is 4.56. The van der Waals surface area contributed by atoms with Gasteiger partial charge in [-0.25, -0.2) is 4.98 Å². The molecule has 0 atom stereocenters. The molecule has 0 aliphatic carbocycles. The summed E-state index contributed by atoms with van der Waals surface area (Å²) >= 11 is 3.05. The Morgan fingerprint density at radius 1 is 1.38 bits per heavy atom. The van der Waals surface area contributed by atoms with E-state index in [-0.39, 0.29) is 4.73 Å². The molecule has 0 spiro atoms. The van der Waals surface area contributed by atoms with Crippen LogP contribution in [0.2, 0.25) is 0 Å². The fraction of sp³-hybridized carbons (Fsp3) is 0.300. The standard InChI is InChI=1S/C10H8BrF3N2/c1-6-3-2-4-7-8(6)15-9(11)16(7)5-10(12,13)14/h2-4H,5H2,1H3. The van der Waals surface area contributed by atoms with E-state index in [1.165, 1.54) is 0 Å². The van der Waals surface area contributed by atoms with E-state index in [1.807, 2.05) is 13.0 Å². The third kappa shape index (κ3) is 2.07. The van der Waals surface area contributed by atoms with Gasteiger partial charge in [-0.1, -0.05) is 12.1 Å². The number of aromatic nitrogens is 2. The second-order valence-electron chi connectivity index (χ2n) is 3.52. The number of halogens is 4. The monoisotopic (exact) mass is 292 g/mol. The van der Waals surface area contributed by atoms with Crippen molar-refractivity contribution in [3.8, 4) is 0 Å². The molecule has 86 valence electrons. The number of hydrogen-bond acceptors (Lipinski definition) is 1. The SMILES string of the molecule is Cc1cccc2c1nc(Br)n2CC(F)(F)F. The number of rotatable bonds is 1. The number of alkyl halides is 3. The van der Waals surface area contributed by atoms with Crippen molar-refractivity contribution in [2.75, 3.05) is 0 Å². The summed E-state index contributed by atoms with van der Waals surface area (Å²) < 4.78 is 38.4. The van der Waals surface area contributed by atoms with Gasteiger partial charge < -0.3 is 4.57 Å². The molecule has 0 saturated heterocycles. The first kappa shape index (κ1) is 11.4. The molecule has 2 rings (SSSR count). The van der Waals surface area contributed by atoms with Crippen LogP contribution in [0.5, 0.6) is 0 Å². The lowest BCUT2D eigenvalue weighted by Crippen LogP contribution is -2.17. The second kappa shape index (κ2) is 3.76. The zero-order valence-electron chi connectivity index (χ0n) is 8.35. The Balaban J connectivity index is 2.61. The normalized spacial score (nSPS) is 12.3. The first-order chi connectivity index (χ1) is 7.38. The van der Waals surface area contributed by atoms with Gasteiger partial charge >= 0.3 is 6.18 Å². The van der Waals surface area contributed by atoms with Gasteiger partial charge in [-0.3, -0.25) is 0 Å². The van der Waals surface area contributed by atoms with Gasteiger partial charge in [0.15, 0.2) is 4.73 Å². The minimum atomic E-state index is -4.25. The van der Waals surface area contributed by atoms with E-state index in [9.17, 15) is 13.2 Å². The Bertz CT molecular complexity index is 531. The van der Waals surface area contributed by atoms with Gasteiger partial charge in [-0.05, 0) is 34.5 Å². The summed E-state index contributed by atoms with van der Waals surface area (Å²) in [7, 11) is 0. The van der Waals surface area contributed by atoms with Crippen LogP contribution in [0.15, 0.2) is 22.9 Å². The Morgan fingerprint density at radius 3 is 2.69 bits per heavy atom. The van der Waals surface area contributed by atoms with Gasteiger partial charge in [0.05, 0.1) is 11.0 Å². The quantitative estimate of drug-likeness (QED) is 0.784. The lowest BCUT2D eigenvalue weighted by molar-refractivity contribution is -0.140. The highest BCUT2D eigenvalue weighted by molar-refractivity contribution is 9.10. The van der Waals surface area contributed by atoms with Crippen LogP contribution in [0.3, 0.4) is 0 Å². The molecule has 1 aromatic carbocycles. The van der Waals surface area contributed by atoms with Gasteiger partial charge in [0.25, 0.3) is 0 Å². The van der Waals surface area contributed by atoms with Crippen LogP contribution in [0.1, 0.15) is 5.56 Å². The first-order valence-corrected chi connectivity index (χ1v) is 5.36. The van der Waals surface area contributed by atoms with Crippen molar-refractivity contribution >= 4 is 27.0 Å². The summed E-state index contributed by atoms with van der Waals surface area (Å²) in [5.41, 5.74) is 1.95. The Morgan fingerprint density at radius 2 is 2.06 bits per heavy atom. The van der Waals surface area contributed by atoms with E-state index < -0.39 is 12.7 Å². The van der Waals surface area contributed by atoms with Crippen molar-refractivity contribution in [2.24, 2.45) is 0 Å². The van der Waals surface area contributed by atoms with Crippen molar-refractivity contribution in [1.29, 1.82) is 0 Å². The third-order valence-corrected chi connectivity index (χ3v) is 2.88. The number of hydrogen-bond donors (Lipinski definition) is 0. The average molecular weight is 293 g/mol. The molecule has 0 unspecified atom stereocenters. The molecule has 2 nitrogen and oxygen atoms in total. The lowest BCUT2D eigenvalue weighted by Gasteiger charge is -2.09. The van der Waals surface area contributed by atoms with Crippen LogP contribution in [0.4, 0.5) is 13.2 Å². The second-order valence-corrected chi connectivity index (χ2v) is 4.23. The van der Waals surface area contributed by atoms with E-state index in [2.05, 4.69) is 20.9 Å². The van der Waals surface area contributed by atoms with Crippen LogP contribution >= 0.6 is 15.9 Å². The van der Waals surface area contributed by atoms with Crippen molar-refractivity contribution < 1.29 is 13.2 Å². The van der Waals surface area contributed by atoms with E-state index in [4.69, 9.17) is 0 Å². The summed E-state index contributed by atoms with van der Waals surface area (Å²) in [5, 5.41) is 0. The molecule has 0 saturated carbocycles. The summed E-state index contributed by atoms with van der Waals surface area (Å²) in [6.45, 7) is 0.785. The summed E-state index contributed by atoms with van der Waals surface area (Å²) in [6, 6.07) is 5.17. The molecule has 0 aliphatic heterocycles. The van der Waals surface area contributed by atoms with Crippen LogP contribution < -0.4 is 0 Å². The molecule has 0 bridgehead atoms. The maximum Gasteiger partial charge on any atom is 0.406 e. The molecular weight excluding hydrogens is 285 g/mol. The van der Waals surface area contributed by atoms with Gasteiger partial charge in [0.2, 0.25) is 0 Å².